The second kappa shape index (κ2) is 9.11. The van der Waals surface area contributed by atoms with Crippen LogP contribution in [0.1, 0.15) is 19.8 Å². The monoisotopic (exact) mass is 520 g/mol. The quantitative estimate of drug-likeness (QED) is 0.284. The number of halogens is 1. The van der Waals surface area contributed by atoms with E-state index < -0.39 is 4.25 Å². The van der Waals surface area contributed by atoms with Gasteiger partial charge in [-0.05, 0) is 0 Å². The Kier molecular flexibility index (Phi) is 7.01. The van der Waals surface area contributed by atoms with Crippen molar-refractivity contribution in [2.75, 3.05) is 6.26 Å². The van der Waals surface area contributed by atoms with E-state index in [2.05, 4.69) is 120 Å². The molecule has 4 heteroatoms. The molecular formula is C24H26IOPS. The van der Waals surface area contributed by atoms with Crippen LogP contribution in [0, 0.1) is 0 Å². The Morgan fingerprint density at radius 3 is 1.46 bits per heavy atom. The van der Waals surface area contributed by atoms with E-state index in [-0.39, 0.29) is 10.8 Å². The van der Waals surface area contributed by atoms with Gasteiger partial charge in [0.25, 0.3) is 0 Å². The van der Waals surface area contributed by atoms with E-state index in [0.29, 0.717) is 0 Å². The molecule has 0 aromatic heterocycles. The number of benzene rings is 3. The Labute approximate surface area is 185 Å². The Bertz CT molecular complexity index is 816. The van der Waals surface area contributed by atoms with E-state index in [1.807, 2.05) is 6.26 Å². The van der Waals surface area contributed by atoms with Gasteiger partial charge in [0.2, 0.25) is 0 Å². The summed E-state index contributed by atoms with van der Waals surface area (Å²) >= 11 is 4.10. The SMILES string of the molecule is CCCC(C(=O)SC)P(I)(c1ccccc1)(c1ccccc1)c1ccccc1. The number of hydrogen-bond acceptors (Lipinski definition) is 2. The average Bonchev–Trinajstić information content (AvgIpc) is 2.78. The molecule has 1 nitrogen and oxygen atoms in total. The molecule has 0 aliphatic heterocycles. The molecule has 3 aromatic rings. The minimum absolute atomic E-state index is 0.0706. The molecule has 1 unspecified atom stereocenters. The molecule has 0 bridgehead atoms. The first kappa shape index (κ1) is 21.5. The van der Waals surface area contributed by atoms with Crippen LogP contribution in [-0.4, -0.2) is 17.0 Å². The molecule has 0 heterocycles. The van der Waals surface area contributed by atoms with Crippen LogP contribution < -0.4 is 15.9 Å². The van der Waals surface area contributed by atoms with E-state index in [1.165, 1.54) is 27.7 Å². The molecule has 28 heavy (non-hydrogen) atoms. The summed E-state index contributed by atoms with van der Waals surface area (Å²) in [4.78, 5) is 13.5. The average molecular weight is 520 g/mol. The molecule has 0 aliphatic rings. The molecule has 0 spiro atoms. The van der Waals surface area contributed by atoms with E-state index in [0.717, 1.165) is 12.8 Å². The van der Waals surface area contributed by atoms with E-state index in [4.69, 9.17) is 0 Å². The van der Waals surface area contributed by atoms with Gasteiger partial charge < -0.3 is 0 Å². The topological polar surface area (TPSA) is 17.1 Å². The fraction of sp³-hybridized carbons (Fsp3) is 0.208. The standard InChI is InChI=1S/C24H26IOPS/c1-3-13-23(24(26)28-2)27(25,20-14-7-4-8-15-20,21-16-9-5-10-17-21)22-18-11-6-12-19-22/h4-12,14-19,23H,3,13H2,1-2H3. The number of carbonyl (C=O) groups excluding carboxylic acids is 1. The summed E-state index contributed by atoms with van der Waals surface area (Å²) in [6, 6.07) is 32.1. The van der Waals surface area contributed by atoms with Gasteiger partial charge in [-0.1, -0.05) is 0 Å². The molecular weight excluding hydrogens is 494 g/mol. The van der Waals surface area contributed by atoms with Gasteiger partial charge in [-0.15, -0.1) is 0 Å². The van der Waals surface area contributed by atoms with Crippen molar-refractivity contribution in [1.82, 2.24) is 0 Å². The van der Waals surface area contributed by atoms with Crippen LogP contribution in [0.4, 0.5) is 0 Å². The van der Waals surface area contributed by atoms with Crippen molar-refractivity contribution in [2.45, 2.75) is 25.4 Å². The third-order valence-electron chi connectivity index (χ3n) is 5.40. The second-order valence-electron chi connectivity index (χ2n) is 6.91. The number of rotatable bonds is 7. The van der Waals surface area contributed by atoms with Crippen LogP contribution >= 0.6 is 38.0 Å². The molecule has 3 aromatic carbocycles. The fourth-order valence-electron chi connectivity index (χ4n) is 4.11. The summed E-state index contributed by atoms with van der Waals surface area (Å²) in [5, 5.41) is 4.09. The first-order chi connectivity index (χ1) is 13.6. The molecule has 0 saturated carbocycles. The summed E-state index contributed by atoms with van der Waals surface area (Å²) in [6.45, 7) is 2.18. The van der Waals surface area contributed by atoms with Gasteiger partial charge >= 0.3 is 187 Å². The first-order valence-corrected chi connectivity index (χ1v) is 15.9. The Hall–Kier alpha value is -1.16. The van der Waals surface area contributed by atoms with Gasteiger partial charge in [0.15, 0.2) is 0 Å². The summed E-state index contributed by atoms with van der Waals surface area (Å²) in [5.41, 5.74) is -0.0706. The van der Waals surface area contributed by atoms with Crippen LogP contribution in [0.25, 0.3) is 0 Å². The number of carbonyl (C=O) groups is 1. The maximum atomic E-state index is 13.5. The van der Waals surface area contributed by atoms with Crippen LogP contribution in [0.2, 0.25) is 0 Å². The van der Waals surface area contributed by atoms with Gasteiger partial charge in [0.05, 0.1) is 0 Å². The van der Waals surface area contributed by atoms with Crippen LogP contribution in [0.3, 0.4) is 0 Å². The zero-order valence-electron chi connectivity index (χ0n) is 16.3. The molecule has 3 rings (SSSR count). The molecule has 0 saturated heterocycles. The van der Waals surface area contributed by atoms with Gasteiger partial charge in [0.1, 0.15) is 0 Å². The second-order valence-corrected chi connectivity index (χ2v) is 18.1. The van der Waals surface area contributed by atoms with Crippen LogP contribution in [-0.2, 0) is 4.79 Å². The van der Waals surface area contributed by atoms with E-state index >= 15 is 0 Å². The van der Waals surface area contributed by atoms with Gasteiger partial charge in [-0.25, -0.2) is 0 Å². The van der Waals surface area contributed by atoms with Gasteiger partial charge in [-0.3, -0.25) is 0 Å². The molecule has 0 aliphatic carbocycles. The Balaban J connectivity index is 2.52. The molecule has 1 atom stereocenters. The normalized spacial score (nSPS) is 14.0. The minimum atomic E-state index is -3.08. The zero-order valence-corrected chi connectivity index (χ0v) is 20.2. The molecule has 0 fully saturated rings. The number of thioether (sulfide) groups is 1. The van der Waals surface area contributed by atoms with Crippen molar-refractivity contribution in [3.05, 3.63) is 91.0 Å². The summed E-state index contributed by atoms with van der Waals surface area (Å²) in [5.74, 6) is 0. The third-order valence-corrected chi connectivity index (χ3v) is 18.9. The maximum absolute atomic E-state index is 13.5. The van der Waals surface area contributed by atoms with Gasteiger partial charge in [-0.2, -0.15) is 0 Å². The Morgan fingerprint density at radius 2 is 1.18 bits per heavy atom. The summed E-state index contributed by atoms with van der Waals surface area (Å²) in [6.07, 6.45) is 3.77. The molecule has 146 valence electrons. The Morgan fingerprint density at radius 1 is 0.821 bits per heavy atom. The van der Waals surface area contributed by atoms with Crippen LogP contribution in [0.5, 0.6) is 0 Å². The predicted molar refractivity (Wildman–Crippen MR) is 136 cm³/mol. The van der Waals surface area contributed by atoms with E-state index in [1.54, 1.807) is 0 Å². The predicted octanol–water partition coefficient (Wildman–Crippen LogP) is 5.92. The van der Waals surface area contributed by atoms with E-state index in [9.17, 15) is 4.79 Å². The van der Waals surface area contributed by atoms with Crippen molar-refractivity contribution in [3.63, 3.8) is 0 Å². The fourth-order valence-corrected chi connectivity index (χ4v) is 15.9. The molecule has 0 amide bonds. The van der Waals surface area contributed by atoms with Crippen molar-refractivity contribution >= 4 is 59.1 Å². The van der Waals surface area contributed by atoms with Crippen molar-refractivity contribution in [3.8, 4) is 0 Å². The molecule has 0 radical (unpaired) electrons. The molecule has 0 N–H and O–H groups in total. The third kappa shape index (κ3) is 3.46. The summed E-state index contributed by atoms with van der Waals surface area (Å²) < 4.78 is -3.08. The van der Waals surface area contributed by atoms with Gasteiger partial charge in [0, 0.05) is 0 Å². The first-order valence-electron chi connectivity index (χ1n) is 9.55. The number of hydrogen-bond donors (Lipinski definition) is 0. The van der Waals surface area contributed by atoms with Crippen molar-refractivity contribution in [2.24, 2.45) is 0 Å². The van der Waals surface area contributed by atoms with Crippen molar-refractivity contribution in [1.29, 1.82) is 0 Å². The zero-order chi connectivity index (χ0) is 20.1. The summed E-state index contributed by atoms with van der Waals surface area (Å²) in [7, 11) is 0. The van der Waals surface area contributed by atoms with Crippen LogP contribution in [0.15, 0.2) is 91.0 Å². The van der Waals surface area contributed by atoms with Crippen molar-refractivity contribution < 1.29 is 4.79 Å².